The normalized spacial score (nSPS) is 13.2. The number of benzene rings is 2. The van der Waals surface area contributed by atoms with Gasteiger partial charge in [-0.05, 0) is 29.8 Å². The Morgan fingerprint density at radius 1 is 1.15 bits per heavy atom. The maximum Gasteiger partial charge on any atom is 0.140 e. The predicted octanol–water partition coefficient (Wildman–Crippen LogP) is 3.80. The summed E-state index contributed by atoms with van der Waals surface area (Å²) in [7, 11) is 0. The van der Waals surface area contributed by atoms with E-state index in [4.69, 9.17) is 10.9 Å². The largest absolute Gasteiger partial charge is 0.409 e. The molecule has 0 spiro atoms. The van der Waals surface area contributed by atoms with Crippen LogP contribution in [0.5, 0.6) is 0 Å². The van der Waals surface area contributed by atoms with E-state index < -0.39 is 0 Å². The Morgan fingerprint density at radius 2 is 1.80 bits per heavy atom. The number of halogens is 1. The van der Waals surface area contributed by atoms with E-state index in [1.807, 2.05) is 30.3 Å². The molecule has 0 saturated heterocycles. The van der Waals surface area contributed by atoms with Crippen molar-refractivity contribution in [2.24, 2.45) is 10.9 Å². The van der Waals surface area contributed by atoms with Gasteiger partial charge in [-0.2, -0.15) is 0 Å². The molecule has 5 heteroatoms. The molecule has 2 aromatic rings. The van der Waals surface area contributed by atoms with Gasteiger partial charge < -0.3 is 10.9 Å². The van der Waals surface area contributed by atoms with Gasteiger partial charge in [-0.1, -0.05) is 35.5 Å². The lowest BCUT2D eigenvalue weighted by molar-refractivity contribution is 0.317. The maximum absolute atomic E-state index is 12.9. The minimum absolute atomic E-state index is 0.0116. The molecule has 20 heavy (non-hydrogen) atoms. The van der Waals surface area contributed by atoms with Gasteiger partial charge in [0, 0.05) is 16.6 Å². The van der Waals surface area contributed by atoms with E-state index in [2.05, 4.69) is 5.16 Å². The van der Waals surface area contributed by atoms with Gasteiger partial charge in [0.2, 0.25) is 0 Å². The molecule has 3 N–H and O–H groups in total. The molecule has 0 heterocycles. The van der Waals surface area contributed by atoms with Gasteiger partial charge in [-0.25, -0.2) is 4.39 Å². The zero-order valence-corrected chi connectivity index (χ0v) is 11.6. The lowest BCUT2D eigenvalue weighted by Crippen LogP contribution is -2.14. The summed E-state index contributed by atoms with van der Waals surface area (Å²) in [4.78, 5) is 0.936. The molecule has 1 atom stereocenters. The van der Waals surface area contributed by atoms with E-state index in [0.717, 1.165) is 10.5 Å². The standard InChI is InChI=1S/C15H15FN2OS/c16-12-6-8-13(9-7-12)20-14(10-15(17)18-19)11-4-2-1-3-5-11/h1-9,14,19H,10H2,(H2,17,18). The first kappa shape index (κ1) is 14.4. The number of rotatable bonds is 5. The van der Waals surface area contributed by atoms with Gasteiger partial charge in [0.05, 0.1) is 0 Å². The molecule has 0 aliphatic carbocycles. The van der Waals surface area contributed by atoms with Crippen LogP contribution in [0.3, 0.4) is 0 Å². The summed E-state index contributed by atoms with van der Waals surface area (Å²) in [5.41, 5.74) is 6.69. The van der Waals surface area contributed by atoms with Crippen molar-refractivity contribution in [2.45, 2.75) is 16.6 Å². The number of oxime groups is 1. The summed E-state index contributed by atoms with van der Waals surface area (Å²) < 4.78 is 12.9. The highest BCUT2D eigenvalue weighted by Crippen LogP contribution is 2.37. The number of thioether (sulfide) groups is 1. The monoisotopic (exact) mass is 290 g/mol. The fourth-order valence-electron chi connectivity index (χ4n) is 1.80. The van der Waals surface area contributed by atoms with Gasteiger partial charge >= 0.3 is 0 Å². The van der Waals surface area contributed by atoms with Crippen LogP contribution in [-0.2, 0) is 0 Å². The smallest absolute Gasteiger partial charge is 0.140 e. The van der Waals surface area contributed by atoms with Crippen LogP contribution in [-0.4, -0.2) is 11.0 Å². The molecule has 3 nitrogen and oxygen atoms in total. The summed E-state index contributed by atoms with van der Waals surface area (Å²) in [6, 6.07) is 16.1. The molecular formula is C15H15FN2OS. The first-order valence-corrected chi connectivity index (χ1v) is 7.00. The second-order valence-corrected chi connectivity index (χ2v) is 5.54. The molecule has 0 aliphatic rings. The zero-order valence-electron chi connectivity index (χ0n) is 10.7. The Morgan fingerprint density at radius 3 is 2.40 bits per heavy atom. The number of amidine groups is 1. The Kier molecular flexibility index (Phi) is 5.01. The summed E-state index contributed by atoms with van der Waals surface area (Å²) in [5.74, 6) is -0.0875. The van der Waals surface area contributed by atoms with Crippen molar-refractivity contribution in [2.75, 3.05) is 0 Å². The lowest BCUT2D eigenvalue weighted by atomic mass is 10.1. The second-order valence-electron chi connectivity index (χ2n) is 4.27. The molecule has 2 aromatic carbocycles. The number of nitrogens with zero attached hydrogens (tertiary/aromatic N) is 1. The van der Waals surface area contributed by atoms with E-state index in [1.54, 1.807) is 23.9 Å². The van der Waals surface area contributed by atoms with Crippen molar-refractivity contribution in [1.82, 2.24) is 0 Å². The summed E-state index contributed by atoms with van der Waals surface area (Å²) in [5, 5.41) is 11.8. The van der Waals surface area contributed by atoms with Crippen molar-refractivity contribution in [3.8, 4) is 0 Å². The van der Waals surface area contributed by atoms with E-state index in [1.165, 1.54) is 12.1 Å². The van der Waals surface area contributed by atoms with Crippen molar-refractivity contribution in [3.05, 3.63) is 66.0 Å². The maximum atomic E-state index is 12.9. The Balaban J connectivity index is 2.20. The Hall–Kier alpha value is -2.01. The number of hydrogen-bond donors (Lipinski definition) is 2. The number of hydrogen-bond acceptors (Lipinski definition) is 3. The molecule has 104 valence electrons. The van der Waals surface area contributed by atoms with Crippen molar-refractivity contribution in [3.63, 3.8) is 0 Å². The third-order valence-corrected chi connectivity index (χ3v) is 4.05. The van der Waals surface area contributed by atoms with Crippen LogP contribution in [0.15, 0.2) is 64.6 Å². The van der Waals surface area contributed by atoms with E-state index in [0.29, 0.717) is 6.42 Å². The predicted molar refractivity (Wildman–Crippen MR) is 79.5 cm³/mol. The van der Waals surface area contributed by atoms with Crippen molar-refractivity contribution < 1.29 is 9.60 Å². The van der Waals surface area contributed by atoms with Gasteiger partial charge in [-0.15, -0.1) is 11.8 Å². The Labute approximate surface area is 121 Å². The van der Waals surface area contributed by atoms with Gasteiger partial charge in [0.25, 0.3) is 0 Å². The van der Waals surface area contributed by atoms with Crippen molar-refractivity contribution >= 4 is 17.6 Å². The fourth-order valence-corrected chi connectivity index (χ4v) is 2.97. The molecule has 0 radical (unpaired) electrons. The SMILES string of the molecule is NC(CC(Sc1ccc(F)cc1)c1ccccc1)=NO. The molecule has 0 aliphatic heterocycles. The topological polar surface area (TPSA) is 58.6 Å². The summed E-state index contributed by atoms with van der Waals surface area (Å²) in [6.45, 7) is 0. The lowest BCUT2D eigenvalue weighted by Gasteiger charge is -2.16. The molecule has 0 amide bonds. The first-order valence-electron chi connectivity index (χ1n) is 6.12. The highest BCUT2D eigenvalue weighted by Gasteiger charge is 2.15. The molecule has 0 aromatic heterocycles. The molecule has 0 bridgehead atoms. The third kappa shape index (κ3) is 3.99. The van der Waals surface area contributed by atoms with Gasteiger partial charge in [0.1, 0.15) is 11.7 Å². The highest BCUT2D eigenvalue weighted by atomic mass is 32.2. The van der Waals surface area contributed by atoms with Crippen LogP contribution in [0.1, 0.15) is 17.2 Å². The molecule has 0 saturated carbocycles. The first-order chi connectivity index (χ1) is 9.69. The minimum atomic E-state index is -0.262. The Bertz CT molecular complexity index is 572. The van der Waals surface area contributed by atoms with Crippen LogP contribution in [0.4, 0.5) is 4.39 Å². The quantitative estimate of drug-likeness (QED) is 0.289. The third-order valence-electron chi connectivity index (χ3n) is 2.79. The number of nitrogens with two attached hydrogens (primary N) is 1. The van der Waals surface area contributed by atoms with Crippen LogP contribution in [0, 0.1) is 5.82 Å². The second kappa shape index (κ2) is 6.96. The van der Waals surface area contributed by atoms with Crippen LogP contribution in [0.2, 0.25) is 0 Å². The summed E-state index contributed by atoms with van der Waals surface area (Å²) >= 11 is 1.56. The molecular weight excluding hydrogens is 275 g/mol. The minimum Gasteiger partial charge on any atom is -0.409 e. The van der Waals surface area contributed by atoms with E-state index >= 15 is 0 Å². The zero-order chi connectivity index (χ0) is 14.4. The summed E-state index contributed by atoms with van der Waals surface area (Å²) in [6.07, 6.45) is 0.419. The van der Waals surface area contributed by atoms with Gasteiger partial charge in [0.15, 0.2) is 0 Å². The van der Waals surface area contributed by atoms with Crippen LogP contribution < -0.4 is 5.73 Å². The fraction of sp³-hybridized carbons (Fsp3) is 0.133. The highest BCUT2D eigenvalue weighted by molar-refractivity contribution is 7.99. The molecule has 2 rings (SSSR count). The molecule has 1 unspecified atom stereocenters. The average molecular weight is 290 g/mol. The van der Waals surface area contributed by atoms with Crippen LogP contribution >= 0.6 is 11.8 Å². The van der Waals surface area contributed by atoms with E-state index in [-0.39, 0.29) is 16.9 Å². The van der Waals surface area contributed by atoms with Crippen molar-refractivity contribution in [1.29, 1.82) is 0 Å². The van der Waals surface area contributed by atoms with E-state index in [9.17, 15) is 4.39 Å². The molecule has 0 fully saturated rings. The van der Waals surface area contributed by atoms with Crippen LogP contribution in [0.25, 0.3) is 0 Å². The average Bonchev–Trinajstić information content (AvgIpc) is 2.49. The van der Waals surface area contributed by atoms with Gasteiger partial charge in [-0.3, -0.25) is 0 Å².